The molecule has 6 nitrogen and oxygen atoms in total. The Morgan fingerprint density at radius 3 is 2.75 bits per heavy atom. The Labute approximate surface area is 137 Å². The smallest absolute Gasteiger partial charge is 0.338 e. The van der Waals surface area contributed by atoms with Gasteiger partial charge in [0.2, 0.25) is 0 Å². The summed E-state index contributed by atoms with van der Waals surface area (Å²) >= 11 is 0. The summed E-state index contributed by atoms with van der Waals surface area (Å²) in [7, 11) is 0. The Morgan fingerprint density at radius 2 is 2.08 bits per heavy atom. The van der Waals surface area contributed by atoms with Crippen LogP contribution in [0.25, 0.3) is 0 Å². The molecule has 1 atom stereocenters. The first-order chi connectivity index (χ1) is 11.3. The van der Waals surface area contributed by atoms with Crippen molar-refractivity contribution in [2.75, 3.05) is 25.0 Å². The van der Waals surface area contributed by atoms with Crippen molar-refractivity contribution >= 4 is 17.7 Å². The van der Waals surface area contributed by atoms with E-state index < -0.39 is 17.8 Å². The van der Waals surface area contributed by atoms with Crippen LogP contribution < -0.4 is 16.0 Å². The molecule has 1 aliphatic rings. The van der Waals surface area contributed by atoms with Crippen molar-refractivity contribution in [1.29, 1.82) is 0 Å². The van der Waals surface area contributed by atoms with E-state index in [0.717, 1.165) is 12.1 Å². The molecular weight excluding hydrogens is 325 g/mol. The van der Waals surface area contributed by atoms with Gasteiger partial charge in [-0.2, -0.15) is 13.2 Å². The van der Waals surface area contributed by atoms with Crippen molar-refractivity contribution in [3.8, 4) is 0 Å². The number of benzene rings is 1. The highest BCUT2D eigenvalue weighted by atomic mass is 19.4. The molecule has 0 unspecified atom stereocenters. The molecule has 0 saturated carbocycles. The molecule has 24 heavy (non-hydrogen) atoms. The van der Waals surface area contributed by atoms with Crippen molar-refractivity contribution in [3.05, 3.63) is 29.8 Å². The molecule has 0 bridgehead atoms. The number of rotatable bonds is 3. The van der Waals surface area contributed by atoms with Gasteiger partial charge in [-0.25, -0.2) is 9.59 Å². The fraction of sp³-hybridized carbons (Fsp3) is 0.467. The Bertz CT molecular complexity index is 607. The SMILES string of the molecule is CCNC(=O)N1CC[C@@H](NC(=O)Nc2cccc(C(F)(F)F)c2)C1. The van der Waals surface area contributed by atoms with Gasteiger partial charge in [-0.1, -0.05) is 6.07 Å². The van der Waals surface area contributed by atoms with Gasteiger partial charge in [0.05, 0.1) is 5.56 Å². The van der Waals surface area contributed by atoms with Gasteiger partial charge in [-0.05, 0) is 31.5 Å². The minimum atomic E-state index is -4.47. The van der Waals surface area contributed by atoms with Crippen LogP contribution in [0.4, 0.5) is 28.4 Å². The molecule has 1 aromatic carbocycles. The number of hydrogen-bond acceptors (Lipinski definition) is 2. The fourth-order valence-electron chi connectivity index (χ4n) is 2.45. The second-order valence-electron chi connectivity index (χ2n) is 5.44. The zero-order chi connectivity index (χ0) is 17.7. The van der Waals surface area contributed by atoms with Crippen LogP contribution in [-0.2, 0) is 6.18 Å². The summed E-state index contributed by atoms with van der Waals surface area (Å²) in [6, 6.07) is 3.38. The number of urea groups is 2. The lowest BCUT2D eigenvalue weighted by atomic mass is 10.2. The molecule has 1 aromatic rings. The predicted molar refractivity (Wildman–Crippen MR) is 82.6 cm³/mol. The molecule has 0 radical (unpaired) electrons. The first kappa shape index (κ1) is 17.9. The van der Waals surface area contributed by atoms with Crippen molar-refractivity contribution < 1.29 is 22.8 Å². The monoisotopic (exact) mass is 344 g/mol. The molecule has 1 fully saturated rings. The third-order valence-corrected chi connectivity index (χ3v) is 3.59. The second kappa shape index (κ2) is 7.41. The number of nitrogens with one attached hydrogen (secondary N) is 3. The topological polar surface area (TPSA) is 73.5 Å². The molecular formula is C15H19F3N4O2. The molecule has 4 amide bonds. The van der Waals surface area contributed by atoms with E-state index in [9.17, 15) is 22.8 Å². The van der Waals surface area contributed by atoms with Gasteiger partial charge < -0.3 is 20.9 Å². The van der Waals surface area contributed by atoms with E-state index in [-0.39, 0.29) is 17.8 Å². The maximum atomic E-state index is 12.6. The zero-order valence-electron chi connectivity index (χ0n) is 13.1. The maximum Gasteiger partial charge on any atom is 0.416 e. The number of likely N-dealkylation sites (tertiary alicyclic amines) is 1. The van der Waals surface area contributed by atoms with Gasteiger partial charge in [0, 0.05) is 31.4 Å². The van der Waals surface area contributed by atoms with Gasteiger partial charge in [-0.15, -0.1) is 0 Å². The van der Waals surface area contributed by atoms with E-state index in [2.05, 4.69) is 16.0 Å². The van der Waals surface area contributed by atoms with Crippen LogP contribution in [-0.4, -0.2) is 42.6 Å². The van der Waals surface area contributed by atoms with Crippen LogP contribution in [0, 0.1) is 0 Å². The Kier molecular flexibility index (Phi) is 5.53. The molecule has 1 saturated heterocycles. The van der Waals surface area contributed by atoms with E-state index in [1.807, 2.05) is 6.92 Å². The lowest BCUT2D eigenvalue weighted by Gasteiger charge is -2.17. The minimum Gasteiger partial charge on any atom is -0.338 e. The highest BCUT2D eigenvalue weighted by Crippen LogP contribution is 2.30. The highest BCUT2D eigenvalue weighted by Gasteiger charge is 2.31. The van der Waals surface area contributed by atoms with Gasteiger partial charge >= 0.3 is 18.2 Å². The number of anilines is 1. The number of nitrogens with zero attached hydrogens (tertiary/aromatic N) is 1. The summed E-state index contributed by atoms with van der Waals surface area (Å²) in [6.07, 6.45) is -3.88. The predicted octanol–water partition coefficient (Wildman–Crippen LogP) is 2.63. The number of carbonyl (C=O) groups excluding carboxylic acids is 2. The lowest BCUT2D eigenvalue weighted by Crippen LogP contribution is -2.43. The highest BCUT2D eigenvalue weighted by molar-refractivity contribution is 5.89. The zero-order valence-corrected chi connectivity index (χ0v) is 13.1. The van der Waals surface area contributed by atoms with Crippen LogP contribution in [0.1, 0.15) is 18.9 Å². The quantitative estimate of drug-likeness (QED) is 0.789. The number of hydrogen-bond donors (Lipinski definition) is 3. The number of halogens is 3. The molecule has 1 aliphatic heterocycles. The van der Waals surface area contributed by atoms with Crippen LogP contribution in [0.2, 0.25) is 0 Å². The Hall–Kier alpha value is -2.45. The van der Waals surface area contributed by atoms with Crippen molar-refractivity contribution in [3.63, 3.8) is 0 Å². The summed E-state index contributed by atoms with van der Waals surface area (Å²) in [5.74, 6) is 0. The van der Waals surface area contributed by atoms with Crippen LogP contribution in [0.3, 0.4) is 0 Å². The molecule has 0 aliphatic carbocycles. The number of carbonyl (C=O) groups is 2. The molecule has 2 rings (SSSR count). The molecule has 9 heteroatoms. The summed E-state index contributed by atoms with van der Waals surface area (Å²) in [6.45, 7) is 3.21. The Balaban J connectivity index is 1.87. The van der Waals surface area contributed by atoms with E-state index >= 15 is 0 Å². The number of amides is 4. The van der Waals surface area contributed by atoms with E-state index in [1.165, 1.54) is 12.1 Å². The van der Waals surface area contributed by atoms with Gasteiger partial charge in [-0.3, -0.25) is 0 Å². The van der Waals surface area contributed by atoms with Crippen molar-refractivity contribution in [2.45, 2.75) is 25.6 Å². The van der Waals surface area contributed by atoms with Crippen molar-refractivity contribution in [2.24, 2.45) is 0 Å². The van der Waals surface area contributed by atoms with Crippen LogP contribution >= 0.6 is 0 Å². The average Bonchev–Trinajstić information content (AvgIpc) is 2.95. The molecule has 1 heterocycles. The second-order valence-corrected chi connectivity index (χ2v) is 5.44. The summed E-state index contributed by atoms with van der Waals surface area (Å²) in [5, 5.41) is 7.71. The molecule has 132 valence electrons. The van der Waals surface area contributed by atoms with E-state index in [0.29, 0.717) is 26.1 Å². The summed E-state index contributed by atoms with van der Waals surface area (Å²) < 4.78 is 37.9. The third-order valence-electron chi connectivity index (χ3n) is 3.59. The largest absolute Gasteiger partial charge is 0.416 e. The summed E-state index contributed by atoms with van der Waals surface area (Å²) in [5.41, 5.74) is -0.774. The normalized spacial score (nSPS) is 17.5. The van der Waals surface area contributed by atoms with Gasteiger partial charge in [0.15, 0.2) is 0 Å². The first-order valence-corrected chi connectivity index (χ1v) is 7.57. The standard InChI is InChI=1S/C15H19F3N4O2/c1-2-19-14(24)22-7-6-12(9-22)21-13(23)20-11-5-3-4-10(8-11)15(16,17)18/h3-5,8,12H,2,6-7,9H2,1H3,(H,19,24)(H2,20,21,23)/t12-/m1/s1. The van der Waals surface area contributed by atoms with E-state index in [1.54, 1.807) is 4.90 Å². The van der Waals surface area contributed by atoms with E-state index in [4.69, 9.17) is 0 Å². The fourth-order valence-corrected chi connectivity index (χ4v) is 2.45. The van der Waals surface area contributed by atoms with Crippen LogP contribution in [0.15, 0.2) is 24.3 Å². The summed E-state index contributed by atoms with van der Waals surface area (Å²) in [4.78, 5) is 25.2. The maximum absolute atomic E-state index is 12.6. The number of alkyl halides is 3. The van der Waals surface area contributed by atoms with Gasteiger partial charge in [0.25, 0.3) is 0 Å². The van der Waals surface area contributed by atoms with Gasteiger partial charge in [0.1, 0.15) is 0 Å². The van der Waals surface area contributed by atoms with Crippen LogP contribution in [0.5, 0.6) is 0 Å². The minimum absolute atomic E-state index is 0.0564. The average molecular weight is 344 g/mol. The van der Waals surface area contributed by atoms with Crippen molar-refractivity contribution in [1.82, 2.24) is 15.5 Å². The lowest BCUT2D eigenvalue weighted by molar-refractivity contribution is -0.137. The molecule has 3 N–H and O–H groups in total. The molecule has 0 aromatic heterocycles. The molecule has 0 spiro atoms. The third kappa shape index (κ3) is 4.77. The Morgan fingerprint density at radius 1 is 1.33 bits per heavy atom. The first-order valence-electron chi connectivity index (χ1n) is 7.57.